The third-order valence-electron chi connectivity index (χ3n) is 5.51. The third-order valence-corrected chi connectivity index (χ3v) is 5.51. The molecule has 1 aliphatic rings. The Morgan fingerprint density at radius 2 is 1.42 bits per heavy atom. The fourth-order valence-electron chi connectivity index (χ4n) is 3.98. The van der Waals surface area contributed by atoms with E-state index in [1.807, 2.05) is 60.7 Å². The summed E-state index contributed by atoms with van der Waals surface area (Å²) in [4.78, 5) is 28.5. The summed E-state index contributed by atoms with van der Waals surface area (Å²) in [7, 11) is 1.58. The number of ether oxygens (including phenoxy) is 1. The Morgan fingerprint density at radius 1 is 0.903 bits per heavy atom. The minimum atomic E-state index is -1.12. The number of carbonyl (C=O) groups is 2. The number of β-lactam (4-membered cyclic amide) rings is 1. The van der Waals surface area contributed by atoms with E-state index >= 15 is 0 Å². The molecule has 1 heterocycles. The molecule has 2 atom stereocenters. The minimum absolute atomic E-state index is 0.409. The Labute approximate surface area is 181 Å². The van der Waals surface area contributed by atoms with E-state index in [1.165, 1.54) is 0 Å². The number of carbonyl (C=O) groups excluding carboxylic acids is 1. The fourth-order valence-corrected chi connectivity index (χ4v) is 3.98. The smallest absolute Gasteiger partial charge is 0.319 e. The number of rotatable bonds is 8. The van der Waals surface area contributed by atoms with Crippen molar-refractivity contribution in [1.82, 2.24) is 4.90 Å². The van der Waals surface area contributed by atoms with Crippen molar-refractivity contribution in [2.24, 2.45) is 5.92 Å². The van der Waals surface area contributed by atoms with Gasteiger partial charge in [0, 0.05) is 18.8 Å². The molecule has 1 aliphatic heterocycles. The lowest BCUT2D eigenvalue weighted by Gasteiger charge is -2.50. The van der Waals surface area contributed by atoms with Crippen LogP contribution in [0.25, 0.3) is 0 Å². The van der Waals surface area contributed by atoms with Crippen LogP contribution in [0.2, 0.25) is 0 Å². The molecule has 0 spiro atoms. The second-order valence-corrected chi connectivity index (χ2v) is 7.51. The second-order valence-electron chi connectivity index (χ2n) is 7.51. The monoisotopic (exact) mass is 416 g/mol. The standard InChI is InChI=1S/C25H24N2O4/c1-31-21-14-12-20(13-15-21)27-23(22(24(27)28)25(29)30)26(16-18-8-4-2-5-9-18)17-19-10-6-3-7-11-19/h2-15,22-23H,16-17H2,1H3,(H,29,30)/t22-,23+/m0/s1. The van der Waals surface area contributed by atoms with Crippen molar-refractivity contribution in [3.05, 3.63) is 96.1 Å². The number of carboxylic acids is 1. The molecule has 0 aliphatic carbocycles. The van der Waals surface area contributed by atoms with Gasteiger partial charge in [0.05, 0.1) is 7.11 Å². The molecule has 158 valence electrons. The van der Waals surface area contributed by atoms with Gasteiger partial charge in [0.1, 0.15) is 11.9 Å². The van der Waals surface area contributed by atoms with Gasteiger partial charge in [-0.2, -0.15) is 0 Å². The molecule has 1 amide bonds. The Kier molecular flexibility index (Phi) is 6.00. The van der Waals surface area contributed by atoms with Crippen LogP contribution in [0.15, 0.2) is 84.9 Å². The van der Waals surface area contributed by atoms with Crippen LogP contribution in [0.1, 0.15) is 11.1 Å². The van der Waals surface area contributed by atoms with E-state index in [1.54, 1.807) is 36.3 Å². The van der Waals surface area contributed by atoms with Gasteiger partial charge in [0.2, 0.25) is 5.91 Å². The lowest BCUT2D eigenvalue weighted by molar-refractivity contribution is -0.157. The first kappa shape index (κ1) is 20.6. The van der Waals surface area contributed by atoms with Gasteiger partial charge in [0.15, 0.2) is 5.92 Å². The first-order valence-corrected chi connectivity index (χ1v) is 10.1. The number of hydrogen-bond donors (Lipinski definition) is 1. The third kappa shape index (κ3) is 4.29. The van der Waals surface area contributed by atoms with Crippen LogP contribution in [-0.2, 0) is 22.7 Å². The number of carboxylic acid groups (broad SMARTS) is 1. The maximum absolute atomic E-state index is 12.9. The number of anilines is 1. The van der Waals surface area contributed by atoms with Crippen LogP contribution in [0.4, 0.5) is 5.69 Å². The van der Waals surface area contributed by atoms with Gasteiger partial charge in [-0.15, -0.1) is 0 Å². The average Bonchev–Trinajstić information content (AvgIpc) is 2.78. The highest BCUT2D eigenvalue weighted by atomic mass is 16.5. The molecule has 1 saturated heterocycles. The Morgan fingerprint density at radius 3 is 1.87 bits per heavy atom. The van der Waals surface area contributed by atoms with Gasteiger partial charge in [-0.05, 0) is 35.4 Å². The quantitative estimate of drug-likeness (QED) is 0.447. The number of methoxy groups -OCH3 is 1. The highest BCUT2D eigenvalue weighted by Crippen LogP contribution is 2.37. The van der Waals surface area contributed by atoms with Crippen molar-refractivity contribution in [3.63, 3.8) is 0 Å². The Bertz CT molecular complexity index is 997. The van der Waals surface area contributed by atoms with Crippen LogP contribution >= 0.6 is 0 Å². The van der Waals surface area contributed by atoms with Crippen LogP contribution in [0.3, 0.4) is 0 Å². The molecule has 0 aromatic heterocycles. The maximum atomic E-state index is 12.9. The Balaban J connectivity index is 1.70. The topological polar surface area (TPSA) is 70.1 Å². The lowest BCUT2D eigenvalue weighted by Crippen LogP contribution is -2.70. The van der Waals surface area contributed by atoms with E-state index in [9.17, 15) is 14.7 Å². The van der Waals surface area contributed by atoms with E-state index < -0.39 is 24.0 Å². The van der Waals surface area contributed by atoms with Crippen molar-refractivity contribution in [1.29, 1.82) is 0 Å². The van der Waals surface area contributed by atoms with Gasteiger partial charge >= 0.3 is 5.97 Å². The van der Waals surface area contributed by atoms with Crippen LogP contribution in [-0.4, -0.2) is 35.2 Å². The first-order chi connectivity index (χ1) is 15.1. The van der Waals surface area contributed by atoms with Crippen molar-refractivity contribution in [2.45, 2.75) is 19.3 Å². The van der Waals surface area contributed by atoms with E-state index in [-0.39, 0.29) is 0 Å². The number of nitrogens with zero attached hydrogens (tertiary/aromatic N) is 2. The van der Waals surface area contributed by atoms with Gasteiger partial charge in [-0.25, -0.2) is 0 Å². The summed E-state index contributed by atoms with van der Waals surface area (Å²) in [5.41, 5.74) is 2.76. The van der Waals surface area contributed by atoms with Crippen LogP contribution < -0.4 is 9.64 Å². The van der Waals surface area contributed by atoms with E-state index in [4.69, 9.17) is 4.74 Å². The summed E-state index contributed by atoms with van der Waals surface area (Å²) >= 11 is 0. The number of hydrogen-bond acceptors (Lipinski definition) is 4. The highest BCUT2D eigenvalue weighted by molar-refractivity contribution is 6.13. The molecule has 0 unspecified atom stereocenters. The first-order valence-electron chi connectivity index (χ1n) is 10.1. The van der Waals surface area contributed by atoms with Crippen molar-refractivity contribution in [3.8, 4) is 5.75 Å². The highest BCUT2D eigenvalue weighted by Gasteiger charge is 2.55. The molecular formula is C25H24N2O4. The van der Waals surface area contributed by atoms with E-state index in [2.05, 4.69) is 4.90 Å². The summed E-state index contributed by atoms with van der Waals surface area (Å²) in [6, 6.07) is 26.8. The molecule has 3 aromatic rings. The summed E-state index contributed by atoms with van der Waals surface area (Å²) < 4.78 is 5.21. The molecule has 0 radical (unpaired) electrons. The predicted octanol–water partition coefficient (Wildman–Crippen LogP) is 3.77. The van der Waals surface area contributed by atoms with Crippen molar-refractivity contribution < 1.29 is 19.4 Å². The fraction of sp³-hybridized carbons (Fsp3) is 0.200. The molecule has 0 bridgehead atoms. The van der Waals surface area contributed by atoms with Crippen LogP contribution in [0, 0.1) is 5.92 Å². The number of amides is 1. The molecule has 31 heavy (non-hydrogen) atoms. The number of aliphatic carboxylic acids is 1. The normalized spacial score (nSPS) is 18.0. The predicted molar refractivity (Wildman–Crippen MR) is 118 cm³/mol. The molecule has 6 heteroatoms. The largest absolute Gasteiger partial charge is 0.497 e. The summed E-state index contributed by atoms with van der Waals surface area (Å²) in [6.45, 7) is 1.04. The van der Waals surface area contributed by atoms with Gasteiger partial charge in [0.25, 0.3) is 0 Å². The molecule has 3 aromatic carbocycles. The molecule has 6 nitrogen and oxygen atoms in total. The summed E-state index contributed by atoms with van der Waals surface area (Å²) in [6.07, 6.45) is -0.598. The molecule has 1 N–H and O–H groups in total. The molecule has 0 saturated carbocycles. The van der Waals surface area contributed by atoms with Gasteiger partial charge < -0.3 is 9.84 Å². The lowest BCUT2D eigenvalue weighted by atomic mass is 9.90. The van der Waals surface area contributed by atoms with Gasteiger partial charge in [-0.1, -0.05) is 60.7 Å². The minimum Gasteiger partial charge on any atom is -0.497 e. The molecular weight excluding hydrogens is 392 g/mol. The van der Waals surface area contributed by atoms with Crippen molar-refractivity contribution >= 4 is 17.6 Å². The van der Waals surface area contributed by atoms with Crippen LogP contribution in [0.5, 0.6) is 5.75 Å². The van der Waals surface area contributed by atoms with E-state index in [0.29, 0.717) is 24.5 Å². The van der Waals surface area contributed by atoms with Gasteiger partial charge in [-0.3, -0.25) is 19.4 Å². The van der Waals surface area contributed by atoms with E-state index in [0.717, 1.165) is 11.1 Å². The molecule has 4 rings (SSSR count). The zero-order valence-electron chi connectivity index (χ0n) is 17.2. The maximum Gasteiger partial charge on any atom is 0.319 e. The zero-order chi connectivity index (χ0) is 21.8. The zero-order valence-corrected chi connectivity index (χ0v) is 17.2. The SMILES string of the molecule is COc1ccc(N2C(=O)[C@@H](C(=O)O)[C@@H]2N(Cc2ccccc2)Cc2ccccc2)cc1. The summed E-state index contributed by atoms with van der Waals surface area (Å²) in [5.74, 6) is -1.96. The van der Waals surface area contributed by atoms with Crippen molar-refractivity contribution in [2.75, 3.05) is 12.0 Å². The average molecular weight is 416 g/mol. The number of benzene rings is 3. The molecule has 1 fully saturated rings. The summed E-state index contributed by atoms with van der Waals surface area (Å²) in [5, 5.41) is 9.81. The second kappa shape index (κ2) is 9.02. The Hall–Kier alpha value is -3.64.